The molecule has 4 rings (SSSR count). The Kier molecular flexibility index (Phi) is 9.26. The molecule has 0 saturated carbocycles. The number of nitrogens with zero attached hydrogens (tertiary/aromatic N) is 4. The van der Waals surface area contributed by atoms with Gasteiger partial charge in [-0.1, -0.05) is 78.1 Å². The van der Waals surface area contributed by atoms with E-state index in [4.69, 9.17) is 0 Å². The Morgan fingerprint density at radius 2 is 0.972 bits per heavy atom. The van der Waals surface area contributed by atoms with Gasteiger partial charge in [0, 0.05) is 36.6 Å². The molecule has 0 atom stereocenters. The lowest BCUT2D eigenvalue weighted by Crippen LogP contribution is -2.30. The summed E-state index contributed by atoms with van der Waals surface area (Å²) in [5.74, 6) is 1.12. The first-order chi connectivity index (χ1) is 17.7. The molecule has 0 aromatic carbocycles. The summed E-state index contributed by atoms with van der Waals surface area (Å²) in [7, 11) is 0. The second kappa shape index (κ2) is 12.8. The van der Waals surface area contributed by atoms with Crippen LogP contribution < -0.4 is 9.80 Å². The van der Waals surface area contributed by atoms with Crippen LogP contribution in [-0.4, -0.2) is 34.9 Å². The van der Waals surface area contributed by atoms with E-state index in [0.717, 1.165) is 36.8 Å². The highest BCUT2D eigenvalue weighted by atomic mass is 16.2. The summed E-state index contributed by atoms with van der Waals surface area (Å²) >= 11 is 0. The first-order valence-corrected chi connectivity index (χ1v) is 14.0. The third-order valence-corrected chi connectivity index (χ3v) is 7.26. The van der Waals surface area contributed by atoms with Crippen molar-refractivity contribution in [2.45, 2.75) is 90.9 Å². The largest absolute Gasteiger partial charge is 0.292 e. The van der Waals surface area contributed by atoms with Crippen molar-refractivity contribution in [1.82, 2.24) is 9.97 Å². The lowest BCUT2D eigenvalue weighted by Gasteiger charge is -2.16. The quantitative estimate of drug-likeness (QED) is 0.217. The zero-order valence-corrected chi connectivity index (χ0v) is 22.0. The molecule has 0 N–H and O–H groups in total. The Bertz CT molecular complexity index is 1010. The number of pyridine rings is 2. The molecule has 0 unspecified atom stereocenters. The highest BCUT2D eigenvalue weighted by Crippen LogP contribution is 2.45. The number of carbonyl (C=O) groups is 2. The second-order valence-electron chi connectivity index (χ2n) is 9.95. The van der Waals surface area contributed by atoms with E-state index >= 15 is 0 Å². The maximum atomic E-state index is 13.8. The Morgan fingerprint density at radius 3 is 1.39 bits per heavy atom. The Hall–Kier alpha value is -3.02. The average molecular weight is 489 g/mol. The van der Waals surface area contributed by atoms with E-state index in [0.29, 0.717) is 35.9 Å². The summed E-state index contributed by atoms with van der Waals surface area (Å²) in [5.41, 5.74) is 2.48. The van der Waals surface area contributed by atoms with Crippen molar-refractivity contribution in [3.63, 3.8) is 0 Å². The molecule has 0 fully saturated rings. The molecular formula is C30H40N4O2. The first-order valence-electron chi connectivity index (χ1n) is 14.0. The van der Waals surface area contributed by atoms with Crippen molar-refractivity contribution >= 4 is 34.6 Å². The fourth-order valence-corrected chi connectivity index (χ4v) is 5.31. The van der Waals surface area contributed by atoms with E-state index in [9.17, 15) is 9.59 Å². The van der Waals surface area contributed by atoms with Crippen molar-refractivity contribution in [3.05, 3.63) is 47.8 Å². The summed E-state index contributed by atoms with van der Waals surface area (Å²) in [6, 6.07) is 7.53. The predicted molar refractivity (Wildman–Crippen MR) is 147 cm³/mol. The number of anilines is 2. The SMILES string of the molecule is CCCCCCCCN1C(=O)/C(=C2\C(=O)N(CCCCCCCC)c3ncccc32)c2cccnc21. The molecule has 2 amide bonds. The minimum atomic E-state index is -0.114. The van der Waals surface area contributed by atoms with Crippen molar-refractivity contribution in [1.29, 1.82) is 0 Å². The number of unbranched alkanes of at least 4 members (excludes halogenated alkanes) is 10. The smallest absolute Gasteiger partial charge is 0.261 e. The van der Waals surface area contributed by atoms with E-state index in [1.165, 1.54) is 51.4 Å². The number of fused-ring (bicyclic) bond motifs is 2. The van der Waals surface area contributed by atoms with Gasteiger partial charge in [0.15, 0.2) is 0 Å². The standard InChI is InChI=1S/C30H40N4O2/c1-3-5-7-9-11-13-21-33-27-23(17-15-19-31-27)25(29(33)35)26-24-18-16-20-32-28(24)34(30(26)36)22-14-12-10-8-6-4-2/h15-20H,3-14,21-22H2,1-2H3/b26-25-. The van der Waals surface area contributed by atoms with Crippen molar-refractivity contribution in [2.75, 3.05) is 22.9 Å². The van der Waals surface area contributed by atoms with E-state index in [1.54, 1.807) is 22.2 Å². The number of aromatic nitrogens is 2. The molecule has 2 aliphatic heterocycles. The summed E-state index contributed by atoms with van der Waals surface area (Å²) in [5, 5.41) is 0. The topological polar surface area (TPSA) is 66.4 Å². The molecule has 192 valence electrons. The van der Waals surface area contributed by atoms with Gasteiger partial charge >= 0.3 is 0 Å². The Morgan fingerprint density at radius 1 is 0.583 bits per heavy atom. The third-order valence-electron chi connectivity index (χ3n) is 7.26. The summed E-state index contributed by atoms with van der Waals surface area (Å²) < 4.78 is 0. The van der Waals surface area contributed by atoms with Gasteiger partial charge in [-0.2, -0.15) is 0 Å². The van der Waals surface area contributed by atoms with Crippen LogP contribution in [0.5, 0.6) is 0 Å². The van der Waals surface area contributed by atoms with Crippen LogP contribution in [-0.2, 0) is 9.59 Å². The number of hydrogen-bond donors (Lipinski definition) is 0. The van der Waals surface area contributed by atoms with E-state index in [-0.39, 0.29) is 11.8 Å². The third kappa shape index (κ3) is 5.53. The lowest BCUT2D eigenvalue weighted by molar-refractivity contribution is -0.114. The van der Waals surface area contributed by atoms with Gasteiger partial charge < -0.3 is 0 Å². The molecule has 6 heteroatoms. The summed E-state index contributed by atoms with van der Waals surface area (Å²) in [6.45, 7) is 5.68. The predicted octanol–water partition coefficient (Wildman–Crippen LogP) is 6.80. The molecule has 6 nitrogen and oxygen atoms in total. The number of carbonyl (C=O) groups excluding carboxylic acids is 2. The summed E-state index contributed by atoms with van der Waals surface area (Å²) in [6.07, 6.45) is 17.3. The number of rotatable bonds is 14. The zero-order chi connectivity index (χ0) is 25.3. The molecule has 0 radical (unpaired) electrons. The molecule has 2 aliphatic rings. The first kappa shape index (κ1) is 26.1. The highest BCUT2D eigenvalue weighted by Gasteiger charge is 2.42. The second-order valence-corrected chi connectivity index (χ2v) is 9.95. The van der Waals surface area contributed by atoms with Crippen molar-refractivity contribution < 1.29 is 9.59 Å². The maximum absolute atomic E-state index is 13.8. The molecule has 36 heavy (non-hydrogen) atoms. The van der Waals surface area contributed by atoms with Crippen LogP contribution in [0.25, 0.3) is 11.1 Å². The van der Waals surface area contributed by atoms with E-state index in [2.05, 4.69) is 23.8 Å². The molecule has 0 spiro atoms. The van der Waals surface area contributed by atoms with Gasteiger partial charge in [-0.25, -0.2) is 9.97 Å². The van der Waals surface area contributed by atoms with Gasteiger partial charge in [-0.3, -0.25) is 19.4 Å². The maximum Gasteiger partial charge on any atom is 0.261 e. The van der Waals surface area contributed by atoms with Crippen molar-refractivity contribution in [3.8, 4) is 0 Å². The van der Waals surface area contributed by atoms with Crippen LogP contribution >= 0.6 is 0 Å². The van der Waals surface area contributed by atoms with Crippen LogP contribution in [0.15, 0.2) is 36.7 Å². The Balaban J connectivity index is 1.57. The molecule has 2 aromatic heterocycles. The molecule has 4 heterocycles. The van der Waals surface area contributed by atoms with Gasteiger partial charge in [0.1, 0.15) is 11.6 Å². The lowest BCUT2D eigenvalue weighted by atomic mass is 9.98. The average Bonchev–Trinajstić information content (AvgIpc) is 3.33. The van der Waals surface area contributed by atoms with E-state index in [1.807, 2.05) is 24.3 Å². The molecule has 0 bridgehead atoms. The van der Waals surface area contributed by atoms with Crippen LogP contribution in [0.3, 0.4) is 0 Å². The monoisotopic (exact) mass is 488 g/mol. The summed E-state index contributed by atoms with van der Waals surface area (Å²) in [4.78, 5) is 40.2. The van der Waals surface area contributed by atoms with E-state index < -0.39 is 0 Å². The van der Waals surface area contributed by atoms with Crippen LogP contribution in [0.4, 0.5) is 11.6 Å². The van der Waals surface area contributed by atoms with Gasteiger partial charge in [0.2, 0.25) is 0 Å². The molecule has 0 aliphatic carbocycles. The fraction of sp³-hybridized carbons (Fsp3) is 0.533. The van der Waals surface area contributed by atoms with Crippen LogP contribution in [0.2, 0.25) is 0 Å². The molecular weight excluding hydrogens is 448 g/mol. The van der Waals surface area contributed by atoms with Gasteiger partial charge in [-0.15, -0.1) is 0 Å². The van der Waals surface area contributed by atoms with Crippen LogP contribution in [0, 0.1) is 0 Å². The number of hydrogen-bond acceptors (Lipinski definition) is 4. The van der Waals surface area contributed by atoms with Gasteiger partial charge in [0.05, 0.1) is 11.1 Å². The minimum Gasteiger partial charge on any atom is -0.292 e. The normalized spacial score (nSPS) is 16.7. The number of amides is 2. The van der Waals surface area contributed by atoms with Gasteiger partial charge in [0.25, 0.3) is 11.8 Å². The minimum absolute atomic E-state index is 0.114. The fourth-order valence-electron chi connectivity index (χ4n) is 5.31. The molecule has 0 saturated heterocycles. The van der Waals surface area contributed by atoms with Crippen molar-refractivity contribution in [2.24, 2.45) is 0 Å². The van der Waals surface area contributed by atoms with Gasteiger partial charge in [-0.05, 0) is 37.1 Å². The Labute approximate surface area is 215 Å². The highest BCUT2D eigenvalue weighted by molar-refractivity contribution is 6.49. The zero-order valence-electron chi connectivity index (χ0n) is 22.0. The molecule has 2 aromatic rings. The van der Waals surface area contributed by atoms with Crippen LogP contribution in [0.1, 0.15) is 102 Å².